The van der Waals surface area contributed by atoms with E-state index in [1.54, 1.807) is 6.20 Å². The SMILES string of the molecule is CC(=O)C(C(C)=O)C1c2ccccc2C=CN1C(C)=O. The molecule has 104 valence electrons. The van der Waals surface area contributed by atoms with Crippen LogP contribution in [-0.2, 0) is 14.4 Å². The molecule has 0 aliphatic carbocycles. The van der Waals surface area contributed by atoms with E-state index in [2.05, 4.69) is 0 Å². The maximum absolute atomic E-state index is 11.9. The van der Waals surface area contributed by atoms with Crippen molar-refractivity contribution < 1.29 is 14.4 Å². The van der Waals surface area contributed by atoms with Crippen LogP contribution in [0.25, 0.3) is 6.08 Å². The first kappa shape index (κ1) is 14.2. The molecule has 1 unspecified atom stereocenters. The molecule has 1 aromatic rings. The molecular formula is C16H17NO3. The van der Waals surface area contributed by atoms with Gasteiger partial charge in [-0.1, -0.05) is 24.3 Å². The minimum absolute atomic E-state index is 0.187. The van der Waals surface area contributed by atoms with E-state index in [0.29, 0.717) is 0 Å². The summed E-state index contributed by atoms with van der Waals surface area (Å²) in [4.78, 5) is 37.0. The molecular weight excluding hydrogens is 254 g/mol. The largest absolute Gasteiger partial charge is 0.311 e. The number of rotatable bonds is 3. The molecule has 0 saturated carbocycles. The van der Waals surface area contributed by atoms with Crippen LogP contribution in [0.1, 0.15) is 37.9 Å². The molecule has 4 nitrogen and oxygen atoms in total. The molecule has 4 heteroatoms. The number of hydrogen-bond donors (Lipinski definition) is 0. The predicted molar refractivity (Wildman–Crippen MR) is 75.6 cm³/mol. The van der Waals surface area contributed by atoms with Crippen molar-refractivity contribution in [1.29, 1.82) is 0 Å². The van der Waals surface area contributed by atoms with Crippen molar-refractivity contribution in [2.75, 3.05) is 0 Å². The molecule has 0 aromatic heterocycles. The molecule has 1 aromatic carbocycles. The highest BCUT2D eigenvalue weighted by Gasteiger charge is 2.38. The fourth-order valence-electron chi connectivity index (χ4n) is 2.71. The van der Waals surface area contributed by atoms with Gasteiger partial charge in [0.2, 0.25) is 5.91 Å². The molecule has 1 heterocycles. The maximum atomic E-state index is 11.9. The highest BCUT2D eigenvalue weighted by atomic mass is 16.2. The monoisotopic (exact) mass is 271 g/mol. The third kappa shape index (κ3) is 2.41. The summed E-state index contributed by atoms with van der Waals surface area (Å²) in [6.45, 7) is 4.22. The number of fused-ring (bicyclic) bond motifs is 1. The van der Waals surface area contributed by atoms with Crippen LogP contribution in [-0.4, -0.2) is 22.4 Å². The Labute approximate surface area is 118 Å². The van der Waals surface area contributed by atoms with E-state index < -0.39 is 12.0 Å². The molecule has 0 fully saturated rings. The third-order valence-electron chi connectivity index (χ3n) is 3.58. The summed E-state index contributed by atoms with van der Waals surface area (Å²) < 4.78 is 0. The van der Waals surface area contributed by atoms with Crippen LogP contribution in [0, 0.1) is 5.92 Å². The number of hydrogen-bond acceptors (Lipinski definition) is 3. The molecule has 0 bridgehead atoms. The van der Waals surface area contributed by atoms with Crippen LogP contribution in [0.5, 0.6) is 0 Å². The van der Waals surface area contributed by atoms with Gasteiger partial charge in [0.1, 0.15) is 17.5 Å². The number of amides is 1. The quantitative estimate of drug-likeness (QED) is 0.793. The first-order valence-electron chi connectivity index (χ1n) is 6.50. The Balaban J connectivity index is 2.60. The van der Waals surface area contributed by atoms with Crippen LogP contribution in [0.2, 0.25) is 0 Å². The fraction of sp³-hybridized carbons (Fsp3) is 0.312. The zero-order valence-electron chi connectivity index (χ0n) is 11.8. The molecule has 0 saturated heterocycles. The van der Waals surface area contributed by atoms with Crippen molar-refractivity contribution in [2.45, 2.75) is 26.8 Å². The summed E-state index contributed by atoms with van der Waals surface area (Å²) in [5.74, 6) is -1.46. The third-order valence-corrected chi connectivity index (χ3v) is 3.58. The van der Waals surface area contributed by atoms with Crippen LogP contribution in [0.3, 0.4) is 0 Å². The molecule has 0 spiro atoms. The van der Waals surface area contributed by atoms with Gasteiger partial charge < -0.3 is 4.90 Å². The summed E-state index contributed by atoms with van der Waals surface area (Å²) in [5, 5.41) is 0. The average Bonchev–Trinajstić information content (AvgIpc) is 2.37. The zero-order valence-corrected chi connectivity index (χ0v) is 11.8. The van der Waals surface area contributed by atoms with Gasteiger partial charge in [0.25, 0.3) is 0 Å². The maximum Gasteiger partial charge on any atom is 0.223 e. The van der Waals surface area contributed by atoms with Gasteiger partial charge in [0, 0.05) is 13.1 Å². The second kappa shape index (κ2) is 5.41. The van der Waals surface area contributed by atoms with Crippen molar-refractivity contribution in [2.24, 2.45) is 5.92 Å². The Morgan fingerprint density at radius 1 is 1.05 bits per heavy atom. The minimum atomic E-state index is -0.829. The van der Waals surface area contributed by atoms with Crippen LogP contribution < -0.4 is 0 Å². The number of Topliss-reactive ketones (excluding diaryl/α,β-unsaturated/α-hetero) is 2. The highest BCUT2D eigenvalue weighted by molar-refractivity contribution is 6.02. The first-order valence-corrected chi connectivity index (χ1v) is 6.50. The first-order chi connectivity index (χ1) is 9.43. The Hall–Kier alpha value is -2.23. The predicted octanol–water partition coefficient (Wildman–Crippen LogP) is 2.35. The van der Waals surface area contributed by atoms with Gasteiger partial charge in [0.05, 0.1) is 6.04 Å². The second-order valence-electron chi connectivity index (χ2n) is 5.01. The topological polar surface area (TPSA) is 54.5 Å². The van der Waals surface area contributed by atoms with Crippen LogP contribution in [0.4, 0.5) is 0 Å². The fourth-order valence-corrected chi connectivity index (χ4v) is 2.71. The number of nitrogens with zero attached hydrogens (tertiary/aromatic N) is 1. The Morgan fingerprint density at radius 3 is 2.20 bits per heavy atom. The van der Waals surface area contributed by atoms with Gasteiger partial charge in [-0.2, -0.15) is 0 Å². The van der Waals surface area contributed by atoms with E-state index >= 15 is 0 Å². The summed E-state index contributed by atoms with van der Waals surface area (Å²) in [6, 6.07) is 6.95. The highest BCUT2D eigenvalue weighted by Crippen LogP contribution is 2.36. The lowest BCUT2D eigenvalue weighted by molar-refractivity contribution is -0.136. The second-order valence-corrected chi connectivity index (χ2v) is 5.01. The summed E-state index contributed by atoms with van der Waals surface area (Å²) in [7, 11) is 0. The van der Waals surface area contributed by atoms with Crippen LogP contribution in [0.15, 0.2) is 30.5 Å². The van der Waals surface area contributed by atoms with Crippen LogP contribution >= 0.6 is 0 Å². The molecule has 0 N–H and O–H groups in total. The molecule has 1 aliphatic rings. The summed E-state index contributed by atoms with van der Waals surface area (Å²) >= 11 is 0. The Bertz CT molecular complexity index is 589. The van der Waals surface area contributed by atoms with Gasteiger partial charge in [-0.25, -0.2) is 0 Å². The minimum Gasteiger partial charge on any atom is -0.311 e. The lowest BCUT2D eigenvalue weighted by Crippen LogP contribution is -2.40. The van der Waals surface area contributed by atoms with Crippen molar-refractivity contribution in [3.8, 4) is 0 Å². The molecule has 20 heavy (non-hydrogen) atoms. The van der Waals surface area contributed by atoms with E-state index in [1.165, 1.54) is 25.7 Å². The van der Waals surface area contributed by atoms with Gasteiger partial charge >= 0.3 is 0 Å². The van der Waals surface area contributed by atoms with Gasteiger partial charge in [-0.15, -0.1) is 0 Å². The Morgan fingerprint density at radius 2 is 1.65 bits per heavy atom. The Kier molecular flexibility index (Phi) is 3.84. The zero-order chi connectivity index (χ0) is 14.9. The molecule has 1 atom stereocenters. The van der Waals surface area contributed by atoms with E-state index in [9.17, 15) is 14.4 Å². The lowest BCUT2D eigenvalue weighted by atomic mass is 9.82. The standard InChI is InChI=1S/C16H17NO3/c1-10(18)15(11(2)19)16-14-7-5-4-6-13(14)8-9-17(16)12(3)20/h4-9,15-16H,1-3H3. The van der Waals surface area contributed by atoms with Crippen molar-refractivity contribution in [1.82, 2.24) is 4.90 Å². The van der Waals surface area contributed by atoms with Crippen molar-refractivity contribution in [3.63, 3.8) is 0 Å². The lowest BCUT2D eigenvalue weighted by Gasteiger charge is -2.36. The van der Waals surface area contributed by atoms with Crippen molar-refractivity contribution >= 4 is 23.5 Å². The normalized spacial score (nSPS) is 17.0. The summed E-state index contributed by atoms with van der Waals surface area (Å²) in [5.41, 5.74) is 1.77. The molecule has 2 rings (SSSR count). The van der Waals surface area contributed by atoms with E-state index in [0.717, 1.165) is 11.1 Å². The van der Waals surface area contributed by atoms with Gasteiger partial charge in [-0.05, 0) is 31.1 Å². The number of carbonyl (C=O) groups excluding carboxylic acids is 3. The smallest absolute Gasteiger partial charge is 0.223 e. The van der Waals surface area contributed by atoms with E-state index in [1.807, 2.05) is 30.3 Å². The average molecular weight is 271 g/mol. The molecule has 0 radical (unpaired) electrons. The van der Waals surface area contributed by atoms with E-state index in [4.69, 9.17) is 0 Å². The van der Waals surface area contributed by atoms with Gasteiger partial charge in [0.15, 0.2) is 0 Å². The number of benzene rings is 1. The van der Waals surface area contributed by atoms with Gasteiger partial charge in [-0.3, -0.25) is 14.4 Å². The van der Waals surface area contributed by atoms with E-state index in [-0.39, 0.29) is 17.5 Å². The van der Waals surface area contributed by atoms with Crippen molar-refractivity contribution in [3.05, 3.63) is 41.6 Å². The molecule has 1 aliphatic heterocycles. The summed E-state index contributed by atoms with van der Waals surface area (Å²) in [6.07, 6.45) is 3.47. The molecule has 1 amide bonds. The number of carbonyl (C=O) groups is 3. The number of ketones is 2.